The lowest BCUT2D eigenvalue weighted by molar-refractivity contribution is -0.131. The van der Waals surface area contributed by atoms with E-state index in [9.17, 15) is 4.79 Å². The predicted molar refractivity (Wildman–Crippen MR) is 43.5 cm³/mol. The third-order valence-electron chi connectivity index (χ3n) is 0.713. The van der Waals surface area contributed by atoms with Gasteiger partial charge in [0.05, 0.1) is 6.61 Å². The molecule has 66 valence electrons. The van der Waals surface area contributed by atoms with E-state index in [0.717, 1.165) is 19.2 Å². The molecule has 0 fully saturated rings. The summed E-state index contributed by atoms with van der Waals surface area (Å²) >= 11 is 0. The number of carboxylic acids is 1. The normalized spacial score (nSPS) is 7.82. The third-order valence-corrected chi connectivity index (χ3v) is 0.713. The number of likely N-dealkylation sites (N-methyl/N-ethyl adjacent to an activating group) is 1. The van der Waals surface area contributed by atoms with Crippen LogP contribution in [0.4, 0.5) is 0 Å². The van der Waals surface area contributed by atoms with Gasteiger partial charge in [-0.25, -0.2) is 4.79 Å². The molecule has 0 aromatic carbocycles. The number of rotatable bonds is 4. The van der Waals surface area contributed by atoms with Gasteiger partial charge in [0.1, 0.15) is 0 Å². The van der Waals surface area contributed by atoms with Gasteiger partial charge in [-0.1, -0.05) is 13.5 Å². The Morgan fingerprint density at radius 3 is 2.27 bits per heavy atom. The summed E-state index contributed by atoms with van der Waals surface area (Å²) in [6, 6.07) is 0. The summed E-state index contributed by atoms with van der Waals surface area (Å²) in [6.45, 7) is 6.88. The quantitative estimate of drug-likeness (QED) is 0.396. The molecule has 0 heterocycles. The zero-order valence-corrected chi connectivity index (χ0v) is 6.71. The number of carboxylic acid groups (broad SMARTS) is 1. The Bertz CT molecular complexity index is 99.9. The molecule has 0 rings (SSSR count). The van der Waals surface area contributed by atoms with Crippen LogP contribution in [0.25, 0.3) is 0 Å². The topological polar surface area (TPSA) is 69.6 Å². The fourth-order valence-electron chi connectivity index (χ4n) is 0.256. The van der Waals surface area contributed by atoms with Crippen molar-refractivity contribution in [1.29, 1.82) is 0 Å². The second kappa shape index (κ2) is 11.9. The fraction of sp³-hybridized carbons (Fsp3) is 0.571. The molecule has 0 aliphatic rings. The highest BCUT2D eigenvalue weighted by Crippen LogP contribution is 1.54. The second-order valence-corrected chi connectivity index (χ2v) is 1.62. The van der Waals surface area contributed by atoms with E-state index < -0.39 is 5.97 Å². The lowest BCUT2D eigenvalue weighted by Crippen LogP contribution is -2.16. The predicted octanol–water partition coefficient (Wildman–Crippen LogP) is -0.155. The molecule has 0 unspecified atom stereocenters. The van der Waals surface area contributed by atoms with Crippen molar-refractivity contribution >= 4 is 5.97 Å². The van der Waals surface area contributed by atoms with Crippen molar-refractivity contribution < 1.29 is 15.0 Å². The van der Waals surface area contributed by atoms with Crippen molar-refractivity contribution in [2.75, 3.05) is 19.7 Å². The van der Waals surface area contributed by atoms with E-state index in [2.05, 4.69) is 11.9 Å². The summed E-state index contributed by atoms with van der Waals surface area (Å²) in [4.78, 5) is 9.25. The highest BCUT2D eigenvalue weighted by molar-refractivity contribution is 5.78. The Morgan fingerprint density at radius 2 is 2.18 bits per heavy atom. The van der Waals surface area contributed by atoms with E-state index in [-0.39, 0.29) is 6.61 Å². The van der Waals surface area contributed by atoms with Gasteiger partial charge in [0.25, 0.3) is 0 Å². The first-order valence-electron chi connectivity index (χ1n) is 3.36. The molecule has 0 bridgehead atoms. The number of aliphatic carboxylic acids is 1. The summed E-state index contributed by atoms with van der Waals surface area (Å²) in [7, 11) is 0. The number of aliphatic hydroxyl groups is 1. The van der Waals surface area contributed by atoms with Crippen LogP contribution in [0.3, 0.4) is 0 Å². The summed E-state index contributed by atoms with van der Waals surface area (Å²) in [5.41, 5.74) is 0. The molecule has 0 amide bonds. The molecular formula is C7H15NO3. The SMILES string of the molecule is C=CC(=O)O.CCNCCO. The maximum atomic E-state index is 9.25. The molecule has 0 saturated heterocycles. The molecule has 0 aromatic rings. The number of aliphatic hydroxyl groups excluding tert-OH is 1. The zero-order chi connectivity index (χ0) is 9.11. The zero-order valence-electron chi connectivity index (χ0n) is 6.71. The van der Waals surface area contributed by atoms with Crippen LogP contribution in [-0.2, 0) is 4.79 Å². The maximum Gasteiger partial charge on any atom is 0.327 e. The van der Waals surface area contributed by atoms with E-state index >= 15 is 0 Å². The summed E-state index contributed by atoms with van der Waals surface area (Å²) in [6.07, 6.45) is 0.833. The molecule has 4 nitrogen and oxygen atoms in total. The van der Waals surface area contributed by atoms with Crippen LogP contribution in [0.2, 0.25) is 0 Å². The average Bonchev–Trinajstić information content (AvgIpc) is 2.02. The largest absolute Gasteiger partial charge is 0.478 e. The Hall–Kier alpha value is -0.870. The summed E-state index contributed by atoms with van der Waals surface area (Å²) < 4.78 is 0. The Balaban J connectivity index is 0. The van der Waals surface area contributed by atoms with Crippen molar-refractivity contribution in [3.63, 3.8) is 0 Å². The molecule has 0 saturated carbocycles. The van der Waals surface area contributed by atoms with Gasteiger partial charge in [-0.2, -0.15) is 0 Å². The minimum Gasteiger partial charge on any atom is -0.478 e. The van der Waals surface area contributed by atoms with E-state index in [1.807, 2.05) is 6.92 Å². The Morgan fingerprint density at radius 1 is 1.73 bits per heavy atom. The summed E-state index contributed by atoms with van der Waals surface area (Å²) in [5.74, 6) is -0.981. The standard InChI is InChI=1S/C4H11NO.C3H4O2/c1-2-5-3-4-6;1-2-3(4)5/h5-6H,2-4H2,1H3;2H,1H2,(H,4,5). The van der Waals surface area contributed by atoms with E-state index in [1.54, 1.807) is 0 Å². The molecule has 4 heteroatoms. The molecule has 0 atom stereocenters. The van der Waals surface area contributed by atoms with Crippen LogP contribution in [0.15, 0.2) is 12.7 Å². The van der Waals surface area contributed by atoms with Crippen LogP contribution in [0.1, 0.15) is 6.92 Å². The Labute approximate surface area is 66.5 Å². The lowest BCUT2D eigenvalue weighted by Gasteiger charge is -1.91. The molecular weight excluding hydrogens is 146 g/mol. The highest BCUT2D eigenvalue weighted by Gasteiger charge is 1.73. The molecule has 0 radical (unpaired) electrons. The van der Waals surface area contributed by atoms with Crippen molar-refractivity contribution in [2.45, 2.75) is 6.92 Å². The average molecular weight is 161 g/mol. The first-order chi connectivity index (χ1) is 5.18. The first-order valence-corrected chi connectivity index (χ1v) is 3.36. The van der Waals surface area contributed by atoms with E-state index in [4.69, 9.17) is 10.2 Å². The van der Waals surface area contributed by atoms with E-state index in [1.165, 1.54) is 0 Å². The van der Waals surface area contributed by atoms with Crippen LogP contribution >= 0.6 is 0 Å². The maximum absolute atomic E-state index is 9.25. The van der Waals surface area contributed by atoms with Crippen molar-refractivity contribution in [2.24, 2.45) is 0 Å². The molecule has 3 N–H and O–H groups in total. The van der Waals surface area contributed by atoms with Crippen molar-refractivity contribution in [3.05, 3.63) is 12.7 Å². The number of hydrogen-bond acceptors (Lipinski definition) is 3. The van der Waals surface area contributed by atoms with Gasteiger partial charge in [0.15, 0.2) is 0 Å². The second-order valence-electron chi connectivity index (χ2n) is 1.62. The van der Waals surface area contributed by atoms with Crippen LogP contribution in [0.5, 0.6) is 0 Å². The smallest absolute Gasteiger partial charge is 0.327 e. The Kier molecular flexibility index (Phi) is 13.8. The van der Waals surface area contributed by atoms with Gasteiger partial charge in [-0.15, -0.1) is 0 Å². The minimum atomic E-state index is -0.981. The van der Waals surface area contributed by atoms with Gasteiger partial charge < -0.3 is 15.5 Å². The van der Waals surface area contributed by atoms with Gasteiger partial charge in [0.2, 0.25) is 0 Å². The van der Waals surface area contributed by atoms with Crippen LogP contribution in [0, 0.1) is 0 Å². The van der Waals surface area contributed by atoms with E-state index in [0.29, 0.717) is 0 Å². The lowest BCUT2D eigenvalue weighted by atomic mass is 10.6. The minimum absolute atomic E-state index is 0.244. The van der Waals surface area contributed by atoms with Gasteiger partial charge >= 0.3 is 5.97 Å². The molecule has 0 aromatic heterocycles. The first kappa shape index (κ1) is 12.8. The number of nitrogens with one attached hydrogen (secondary N) is 1. The van der Waals surface area contributed by atoms with Crippen molar-refractivity contribution in [1.82, 2.24) is 5.32 Å². The molecule has 0 aliphatic heterocycles. The monoisotopic (exact) mass is 161 g/mol. The number of carbonyl (C=O) groups is 1. The fourth-order valence-corrected chi connectivity index (χ4v) is 0.256. The van der Waals surface area contributed by atoms with Gasteiger partial charge in [-0.05, 0) is 6.54 Å². The van der Waals surface area contributed by atoms with Gasteiger partial charge in [-0.3, -0.25) is 0 Å². The highest BCUT2D eigenvalue weighted by atomic mass is 16.4. The number of hydrogen-bond donors (Lipinski definition) is 3. The molecule has 0 aliphatic carbocycles. The molecule has 11 heavy (non-hydrogen) atoms. The van der Waals surface area contributed by atoms with Crippen LogP contribution < -0.4 is 5.32 Å². The van der Waals surface area contributed by atoms with Gasteiger partial charge in [0, 0.05) is 12.6 Å². The van der Waals surface area contributed by atoms with Crippen molar-refractivity contribution in [3.8, 4) is 0 Å². The molecule has 0 spiro atoms. The third kappa shape index (κ3) is 27.2. The van der Waals surface area contributed by atoms with Crippen LogP contribution in [-0.4, -0.2) is 35.9 Å². The summed E-state index contributed by atoms with van der Waals surface area (Å²) in [5, 5.41) is 18.7.